The molecule has 0 unspecified atom stereocenters. The van der Waals surface area contributed by atoms with Crippen LogP contribution in [0.15, 0.2) is 76.3 Å². The fourth-order valence-electron chi connectivity index (χ4n) is 2.12. The first kappa shape index (κ1) is 13.6. The van der Waals surface area contributed by atoms with Crippen molar-refractivity contribution >= 4 is 15.9 Å². The van der Waals surface area contributed by atoms with Crippen LogP contribution in [0.25, 0.3) is 16.9 Å². The zero-order valence-corrected chi connectivity index (χ0v) is 12.5. The van der Waals surface area contributed by atoms with E-state index >= 15 is 0 Å². The standard InChI is InChI=1S/C16H11BrN2O2/c17-14-10-12(15-8-4-5-9-19(15)21)11-18(16(14)20)13-6-2-1-3-7-13/h1-11H. The number of para-hydroxylation sites is 1. The maximum Gasteiger partial charge on any atom is 0.269 e. The number of hydrogen-bond acceptors (Lipinski definition) is 2. The number of halogens is 1. The fraction of sp³-hybridized carbons (Fsp3) is 0. The molecule has 2 aromatic heterocycles. The summed E-state index contributed by atoms with van der Waals surface area (Å²) in [5, 5.41) is 11.9. The van der Waals surface area contributed by atoms with Crippen LogP contribution < -0.4 is 10.3 Å². The Morgan fingerprint density at radius 1 is 1.05 bits per heavy atom. The van der Waals surface area contributed by atoms with E-state index < -0.39 is 0 Å². The number of nitrogens with zero attached hydrogens (tertiary/aromatic N) is 2. The van der Waals surface area contributed by atoms with E-state index in [4.69, 9.17) is 0 Å². The first-order chi connectivity index (χ1) is 10.2. The van der Waals surface area contributed by atoms with Gasteiger partial charge in [0.2, 0.25) is 5.69 Å². The van der Waals surface area contributed by atoms with E-state index in [0.717, 1.165) is 10.4 Å². The lowest BCUT2D eigenvalue weighted by atomic mass is 10.2. The van der Waals surface area contributed by atoms with Crippen molar-refractivity contribution in [3.63, 3.8) is 0 Å². The molecule has 21 heavy (non-hydrogen) atoms. The van der Waals surface area contributed by atoms with Gasteiger partial charge in [-0.25, -0.2) is 0 Å². The van der Waals surface area contributed by atoms with Gasteiger partial charge in [0.05, 0.1) is 10.0 Å². The maximum absolute atomic E-state index is 12.3. The second-order valence-electron chi connectivity index (χ2n) is 4.50. The quantitative estimate of drug-likeness (QED) is 0.531. The Labute approximate surface area is 129 Å². The third kappa shape index (κ3) is 2.60. The average molecular weight is 343 g/mol. The SMILES string of the molecule is O=c1c(Br)cc(-c2cccc[n+]2[O-])cn1-c1ccccc1. The molecule has 0 aliphatic carbocycles. The first-order valence-corrected chi connectivity index (χ1v) is 7.12. The molecule has 0 saturated heterocycles. The molecule has 0 amide bonds. The Morgan fingerprint density at radius 2 is 1.76 bits per heavy atom. The monoisotopic (exact) mass is 342 g/mol. The van der Waals surface area contributed by atoms with E-state index in [9.17, 15) is 10.0 Å². The van der Waals surface area contributed by atoms with Crippen molar-refractivity contribution in [2.24, 2.45) is 0 Å². The first-order valence-electron chi connectivity index (χ1n) is 6.33. The van der Waals surface area contributed by atoms with Crippen LogP contribution in [0.4, 0.5) is 0 Å². The van der Waals surface area contributed by atoms with Crippen molar-refractivity contribution in [2.75, 3.05) is 0 Å². The summed E-state index contributed by atoms with van der Waals surface area (Å²) in [6, 6.07) is 16.1. The Balaban J connectivity index is 2.24. The van der Waals surface area contributed by atoms with E-state index in [1.54, 1.807) is 30.5 Å². The van der Waals surface area contributed by atoms with Crippen LogP contribution in [0.3, 0.4) is 0 Å². The minimum absolute atomic E-state index is 0.168. The lowest BCUT2D eigenvalue weighted by Gasteiger charge is -2.09. The minimum atomic E-state index is -0.168. The molecule has 2 heterocycles. The highest BCUT2D eigenvalue weighted by Crippen LogP contribution is 2.19. The van der Waals surface area contributed by atoms with E-state index in [1.807, 2.05) is 30.3 Å². The molecular weight excluding hydrogens is 332 g/mol. The summed E-state index contributed by atoms with van der Waals surface area (Å²) >= 11 is 3.27. The molecule has 5 heteroatoms. The molecule has 0 bridgehead atoms. The van der Waals surface area contributed by atoms with E-state index in [2.05, 4.69) is 15.9 Å². The van der Waals surface area contributed by atoms with Gasteiger partial charge in [0.1, 0.15) is 0 Å². The van der Waals surface area contributed by atoms with E-state index in [-0.39, 0.29) is 5.56 Å². The molecule has 0 spiro atoms. The molecule has 0 radical (unpaired) electrons. The van der Waals surface area contributed by atoms with Crippen molar-refractivity contribution < 1.29 is 4.73 Å². The third-order valence-electron chi connectivity index (χ3n) is 3.13. The molecule has 0 aliphatic rings. The summed E-state index contributed by atoms with van der Waals surface area (Å²) in [5.41, 5.74) is 1.74. The Hall–Kier alpha value is -2.40. The van der Waals surface area contributed by atoms with Crippen molar-refractivity contribution in [3.05, 3.63) is 87.0 Å². The van der Waals surface area contributed by atoms with E-state index in [0.29, 0.717) is 15.7 Å². The topological polar surface area (TPSA) is 48.9 Å². The summed E-state index contributed by atoms with van der Waals surface area (Å²) in [5.74, 6) is 0. The van der Waals surface area contributed by atoms with E-state index in [1.165, 1.54) is 10.8 Å². The van der Waals surface area contributed by atoms with Gasteiger partial charge in [-0.2, -0.15) is 4.73 Å². The molecule has 3 rings (SSSR count). The van der Waals surface area contributed by atoms with Crippen LogP contribution in [0.1, 0.15) is 0 Å². The maximum atomic E-state index is 12.3. The van der Waals surface area contributed by atoms with Crippen LogP contribution in [0, 0.1) is 5.21 Å². The second-order valence-corrected chi connectivity index (χ2v) is 5.35. The summed E-state index contributed by atoms with van der Waals surface area (Å²) in [6.45, 7) is 0. The van der Waals surface area contributed by atoms with Gasteiger partial charge in [-0.1, -0.05) is 18.2 Å². The highest BCUT2D eigenvalue weighted by Gasteiger charge is 2.13. The van der Waals surface area contributed by atoms with Crippen molar-refractivity contribution in [1.29, 1.82) is 0 Å². The molecule has 104 valence electrons. The van der Waals surface area contributed by atoms with Gasteiger partial charge in [-0.05, 0) is 40.2 Å². The number of rotatable bonds is 2. The number of benzene rings is 1. The molecule has 0 N–H and O–H groups in total. The summed E-state index contributed by atoms with van der Waals surface area (Å²) in [4.78, 5) is 12.3. The molecule has 0 fully saturated rings. The van der Waals surface area contributed by atoms with Crippen molar-refractivity contribution in [2.45, 2.75) is 0 Å². The largest absolute Gasteiger partial charge is 0.618 e. The highest BCUT2D eigenvalue weighted by atomic mass is 79.9. The lowest BCUT2D eigenvalue weighted by Crippen LogP contribution is -2.29. The molecular formula is C16H11BrN2O2. The third-order valence-corrected chi connectivity index (χ3v) is 3.70. The van der Waals surface area contributed by atoms with Crippen LogP contribution in [0.5, 0.6) is 0 Å². The zero-order chi connectivity index (χ0) is 14.8. The molecule has 0 aliphatic heterocycles. The van der Waals surface area contributed by atoms with Gasteiger partial charge in [-0.15, -0.1) is 0 Å². The van der Waals surface area contributed by atoms with Gasteiger partial charge in [0.25, 0.3) is 5.56 Å². The molecule has 3 aromatic rings. The van der Waals surface area contributed by atoms with Gasteiger partial charge < -0.3 is 5.21 Å². The molecule has 4 nitrogen and oxygen atoms in total. The Kier molecular flexibility index (Phi) is 3.58. The Morgan fingerprint density at radius 3 is 2.48 bits per heavy atom. The van der Waals surface area contributed by atoms with Crippen LogP contribution in [-0.2, 0) is 0 Å². The fourth-order valence-corrected chi connectivity index (χ4v) is 2.56. The number of hydrogen-bond donors (Lipinski definition) is 0. The summed E-state index contributed by atoms with van der Waals surface area (Å²) < 4.78 is 2.71. The minimum Gasteiger partial charge on any atom is -0.618 e. The van der Waals surface area contributed by atoms with Gasteiger partial charge >= 0.3 is 0 Å². The Bertz CT molecular complexity index is 844. The normalized spacial score (nSPS) is 10.5. The highest BCUT2D eigenvalue weighted by molar-refractivity contribution is 9.10. The lowest BCUT2D eigenvalue weighted by molar-refractivity contribution is -0.593. The molecule has 0 saturated carbocycles. The molecule has 1 aromatic carbocycles. The van der Waals surface area contributed by atoms with Crippen LogP contribution in [-0.4, -0.2) is 4.57 Å². The van der Waals surface area contributed by atoms with Gasteiger partial charge in [0, 0.05) is 24.0 Å². The van der Waals surface area contributed by atoms with Crippen molar-refractivity contribution in [3.8, 4) is 16.9 Å². The van der Waals surface area contributed by atoms with Crippen molar-refractivity contribution in [1.82, 2.24) is 4.57 Å². The second kappa shape index (κ2) is 5.54. The number of pyridine rings is 2. The smallest absolute Gasteiger partial charge is 0.269 e. The average Bonchev–Trinajstić information content (AvgIpc) is 2.51. The summed E-state index contributed by atoms with van der Waals surface area (Å²) in [6.07, 6.45) is 3.10. The molecule has 0 atom stereocenters. The van der Waals surface area contributed by atoms with Crippen LogP contribution in [0.2, 0.25) is 0 Å². The van der Waals surface area contributed by atoms with Gasteiger partial charge in [-0.3, -0.25) is 9.36 Å². The predicted octanol–water partition coefficient (Wildman–Crippen LogP) is 2.90. The number of aromatic nitrogens is 2. The van der Waals surface area contributed by atoms with Gasteiger partial charge in [0.15, 0.2) is 6.20 Å². The summed E-state index contributed by atoms with van der Waals surface area (Å²) in [7, 11) is 0. The zero-order valence-electron chi connectivity index (χ0n) is 10.9. The van der Waals surface area contributed by atoms with Crippen LogP contribution >= 0.6 is 15.9 Å². The predicted molar refractivity (Wildman–Crippen MR) is 84.1 cm³/mol.